The first-order chi connectivity index (χ1) is 11.9. The normalized spacial score (nSPS) is 10.5. The van der Waals surface area contributed by atoms with Crippen molar-refractivity contribution < 1.29 is 14.5 Å². The third-order valence-corrected chi connectivity index (χ3v) is 3.60. The molecule has 0 radical (unpaired) electrons. The van der Waals surface area contributed by atoms with Crippen molar-refractivity contribution in [3.8, 4) is 5.75 Å². The van der Waals surface area contributed by atoms with E-state index in [2.05, 4.69) is 10.4 Å². The Kier molecular flexibility index (Phi) is 6.07. The van der Waals surface area contributed by atoms with Crippen molar-refractivity contribution in [2.75, 3.05) is 18.5 Å². The minimum Gasteiger partial charge on any atom is -0.492 e. The van der Waals surface area contributed by atoms with Gasteiger partial charge < -0.3 is 15.8 Å². The van der Waals surface area contributed by atoms with Crippen molar-refractivity contribution in [1.29, 1.82) is 0 Å². The van der Waals surface area contributed by atoms with Crippen LogP contribution < -0.4 is 15.8 Å². The largest absolute Gasteiger partial charge is 0.492 e. The summed E-state index contributed by atoms with van der Waals surface area (Å²) in [6.45, 7) is 4.33. The number of aryl methyl sites for hydroxylation is 2. The van der Waals surface area contributed by atoms with Crippen molar-refractivity contribution in [2.45, 2.75) is 26.8 Å². The molecule has 0 aliphatic rings. The van der Waals surface area contributed by atoms with Gasteiger partial charge in [0.25, 0.3) is 0 Å². The van der Waals surface area contributed by atoms with Gasteiger partial charge in [0.2, 0.25) is 5.91 Å². The molecule has 0 aliphatic carbocycles. The number of carbonyl (C=O) groups is 1. The highest BCUT2D eigenvalue weighted by Gasteiger charge is 2.21. The second-order valence-electron chi connectivity index (χ2n) is 5.46. The predicted molar refractivity (Wildman–Crippen MR) is 92.6 cm³/mol. The molecule has 2 rings (SSSR count). The lowest BCUT2D eigenvalue weighted by Gasteiger charge is -2.08. The third-order valence-electron chi connectivity index (χ3n) is 3.60. The van der Waals surface area contributed by atoms with Crippen molar-refractivity contribution in [3.63, 3.8) is 0 Å². The van der Waals surface area contributed by atoms with Crippen molar-refractivity contribution in [3.05, 3.63) is 45.8 Å². The number of nitrogens with two attached hydrogens (primary N) is 1. The fourth-order valence-electron chi connectivity index (χ4n) is 2.41. The van der Waals surface area contributed by atoms with E-state index in [-0.39, 0.29) is 24.6 Å². The Labute approximate surface area is 144 Å². The number of carbonyl (C=O) groups excluding carboxylic acids is 1. The molecule has 1 amide bonds. The summed E-state index contributed by atoms with van der Waals surface area (Å²) in [7, 11) is 0. The molecule has 0 saturated carbocycles. The topological polar surface area (TPSA) is 125 Å². The van der Waals surface area contributed by atoms with Gasteiger partial charge in [0.05, 0.1) is 11.5 Å². The Balaban J connectivity index is 1.91. The molecular weight excluding hydrogens is 326 g/mol. The summed E-state index contributed by atoms with van der Waals surface area (Å²) in [5.41, 5.74) is 6.79. The highest BCUT2D eigenvalue weighted by Crippen LogP contribution is 2.22. The Morgan fingerprint density at radius 1 is 1.36 bits per heavy atom. The number of hydrogen-bond donors (Lipinski definition) is 2. The molecule has 9 heteroatoms. The number of nitrogens with zero attached hydrogens (tertiary/aromatic N) is 3. The molecule has 0 aliphatic heterocycles. The summed E-state index contributed by atoms with van der Waals surface area (Å²) in [5, 5.41) is 17.9. The lowest BCUT2D eigenvalue weighted by atomic mass is 10.3. The van der Waals surface area contributed by atoms with E-state index in [1.165, 1.54) is 4.68 Å². The van der Waals surface area contributed by atoms with Crippen LogP contribution in [0.15, 0.2) is 24.3 Å². The second-order valence-corrected chi connectivity index (χ2v) is 5.46. The molecule has 0 bridgehead atoms. The van der Waals surface area contributed by atoms with E-state index in [4.69, 9.17) is 10.5 Å². The van der Waals surface area contributed by atoms with Gasteiger partial charge in [-0.2, -0.15) is 5.10 Å². The van der Waals surface area contributed by atoms with Crippen LogP contribution in [0.5, 0.6) is 5.75 Å². The smallest absolute Gasteiger partial charge is 0.312 e. The molecular formula is C16H21N5O4. The summed E-state index contributed by atoms with van der Waals surface area (Å²) >= 11 is 0. The molecule has 0 unspecified atom stereocenters. The molecule has 3 N–H and O–H groups in total. The Bertz CT molecular complexity index is 755. The van der Waals surface area contributed by atoms with Crippen LogP contribution in [-0.4, -0.2) is 33.8 Å². The van der Waals surface area contributed by atoms with E-state index < -0.39 is 4.92 Å². The lowest BCUT2D eigenvalue weighted by molar-refractivity contribution is -0.386. The summed E-state index contributed by atoms with van der Waals surface area (Å²) in [6, 6.07) is 6.96. The number of nitro groups is 1. The van der Waals surface area contributed by atoms with Crippen molar-refractivity contribution in [1.82, 2.24) is 9.78 Å². The van der Waals surface area contributed by atoms with E-state index in [0.29, 0.717) is 36.0 Å². The maximum absolute atomic E-state index is 12.0. The molecule has 0 atom stereocenters. The first-order valence-corrected chi connectivity index (χ1v) is 7.83. The molecule has 1 aromatic carbocycles. The molecule has 9 nitrogen and oxygen atoms in total. The number of aromatic nitrogens is 2. The summed E-state index contributed by atoms with van der Waals surface area (Å²) in [5.74, 6) is 0.476. The standard InChI is InChI=1S/C16H21N5O4/c1-11-16(21(23)24)12(2)20(19-11)9-7-15(22)18-13-3-5-14(6-4-13)25-10-8-17/h3-6H,7-10,17H2,1-2H3,(H,18,22). The van der Waals surface area contributed by atoms with Gasteiger partial charge in [0.15, 0.2) is 0 Å². The zero-order chi connectivity index (χ0) is 18.4. The van der Waals surface area contributed by atoms with E-state index in [0.717, 1.165) is 0 Å². The molecule has 0 fully saturated rings. The molecule has 2 aromatic rings. The first kappa shape index (κ1) is 18.4. The van der Waals surface area contributed by atoms with Crippen LogP contribution in [0.3, 0.4) is 0 Å². The maximum atomic E-state index is 12.0. The van der Waals surface area contributed by atoms with Gasteiger partial charge in [0, 0.05) is 18.7 Å². The Hall–Kier alpha value is -2.94. The molecule has 134 valence electrons. The van der Waals surface area contributed by atoms with Crippen LogP contribution in [0.4, 0.5) is 11.4 Å². The number of rotatable bonds is 8. The summed E-state index contributed by atoms with van der Waals surface area (Å²) in [4.78, 5) is 22.6. The molecule has 1 aromatic heterocycles. The van der Waals surface area contributed by atoms with Crippen molar-refractivity contribution >= 4 is 17.3 Å². The van der Waals surface area contributed by atoms with Crippen LogP contribution in [0.1, 0.15) is 17.8 Å². The average Bonchev–Trinajstić information content (AvgIpc) is 2.86. The van der Waals surface area contributed by atoms with Crippen molar-refractivity contribution in [2.24, 2.45) is 5.73 Å². The first-order valence-electron chi connectivity index (χ1n) is 7.83. The fourth-order valence-corrected chi connectivity index (χ4v) is 2.41. The quantitative estimate of drug-likeness (QED) is 0.554. The molecule has 25 heavy (non-hydrogen) atoms. The Morgan fingerprint density at radius 2 is 2.04 bits per heavy atom. The fraction of sp³-hybridized carbons (Fsp3) is 0.375. The van der Waals surface area contributed by atoms with Gasteiger partial charge in [-0.05, 0) is 38.1 Å². The van der Waals surface area contributed by atoms with Crippen LogP contribution >= 0.6 is 0 Å². The third kappa shape index (κ3) is 4.77. The summed E-state index contributed by atoms with van der Waals surface area (Å²) < 4.78 is 6.85. The van der Waals surface area contributed by atoms with E-state index >= 15 is 0 Å². The number of hydrogen-bond acceptors (Lipinski definition) is 6. The number of ether oxygens (including phenoxy) is 1. The van der Waals surface area contributed by atoms with Gasteiger partial charge in [-0.1, -0.05) is 0 Å². The SMILES string of the molecule is Cc1nn(CCC(=O)Nc2ccc(OCCN)cc2)c(C)c1[N+](=O)[O-]. The van der Waals surface area contributed by atoms with E-state index in [1.54, 1.807) is 38.1 Å². The maximum Gasteiger partial charge on any atom is 0.312 e. The van der Waals surface area contributed by atoms with Gasteiger partial charge in [-0.3, -0.25) is 19.6 Å². The van der Waals surface area contributed by atoms with E-state index in [9.17, 15) is 14.9 Å². The monoisotopic (exact) mass is 347 g/mol. The van der Waals surface area contributed by atoms with Gasteiger partial charge in [0.1, 0.15) is 23.7 Å². The summed E-state index contributed by atoms with van der Waals surface area (Å²) in [6.07, 6.45) is 0.157. The molecule has 1 heterocycles. The zero-order valence-corrected chi connectivity index (χ0v) is 14.2. The minimum absolute atomic E-state index is 0.00604. The van der Waals surface area contributed by atoms with Gasteiger partial charge in [-0.25, -0.2) is 0 Å². The predicted octanol–water partition coefficient (Wildman–Crippen LogP) is 1.77. The van der Waals surface area contributed by atoms with Crippen LogP contribution in [0.2, 0.25) is 0 Å². The molecule has 0 spiro atoms. The minimum atomic E-state index is -0.456. The Morgan fingerprint density at radius 3 is 2.60 bits per heavy atom. The second kappa shape index (κ2) is 8.25. The number of benzene rings is 1. The zero-order valence-electron chi connectivity index (χ0n) is 14.2. The number of nitrogens with one attached hydrogen (secondary N) is 1. The average molecular weight is 347 g/mol. The molecule has 0 saturated heterocycles. The number of amides is 1. The number of anilines is 1. The van der Waals surface area contributed by atoms with Crippen LogP contribution in [0.25, 0.3) is 0 Å². The van der Waals surface area contributed by atoms with Gasteiger partial charge >= 0.3 is 5.69 Å². The van der Waals surface area contributed by atoms with Crippen LogP contribution in [0, 0.1) is 24.0 Å². The lowest BCUT2D eigenvalue weighted by Crippen LogP contribution is -2.15. The highest BCUT2D eigenvalue weighted by molar-refractivity contribution is 5.90. The van der Waals surface area contributed by atoms with Gasteiger partial charge in [-0.15, -0.1) is 0 Å². The van der Waals surface area contributed by atoms with E-state index in [1.807, 2.05) is 0 Å². The highest BCUT2D eigenvalue weighted by atomic mass is 16.6. The van der Waals surface area contributed by atoms with Crippen LogP contribution in [-0.2, 0) is 11.3 Å².